The molecule has 0 aromatic heterocycles. The van der Waals surface area contributed by atoms with E-state index in [1.807, 2.05) is 30.3 Å². The van der Waals surface area contributed by atoms with Crippen LogP contribution in [0.5, 0.6) is 17.2 Å². The molecule has 0 N–H and O–H groups in total. The van der Waals surface area contributed by atoms with E-state index in [1.54, 1.807) is 7.11 Å². The maximum absolute atomic E-state index is 6.39. The lowest BCUT2D eigenvalue weighted by molar-refractivity contribution is 0.0324. The van der Waals surface area contributed by atoms with Gasteiger partial charge in [-0.1, -0.05) is 22.0 Å². The number of hydrogen-bond acceptors (Lipinski definition) is 3. The Labute approximate surface area is 159 Å². The van der Waals surface area contributed by atoms with E-state index in [1.165, 1.54) is 5.56 Å². The lowest BCUT2D eigenvalue weighted by Gasteiger charge is -2.42. The van der Waals surface area contributed by atoms with Gasteiger partial charge in [0.05, 0.1) is 16.4 Å². The molecule has 1 heterocycles. The second-order valence-corrected chi connectivity index (χ2v) is 8.32. The van der Waals surface area contributed by atoms with E-state index in [2.05, 4.69) is 58.7 Å². The van der Waals surface area contributed by atoms with Crippen molar-refractivity contribution >= 4 is 31.9 Å². The van der Waals surface area contributed by atoms with Crippen molar-refractivity contribution in [2.75, 3.05) is 7.11 Å². The summed E-state index contributed by atoms with van der Waals surface area (Å²) in [5, 5.41) is 0. The fraction of sp³-hybridized carbons (Fsp3) is 0.368. The Morgan fingerprint density at radius 3 is 2.54 bits per heavy atom. The molecule has 5 heteroatoms. The molecule has 128 valence electrons. The van der Waals surface area contributed by atoms with Crippen molar-refractivity contribution in [2.45, 2.75) is 37.3 Å². The van der Waals surface area contributed by atoms with Crippen molar-refractivity contribution in [2.24, 2.45) is 0 Å². The molecule has 0 amide bonds. The van der Waals surface area contributed by atoms with Crippen LogP contribution in [-0.2, 0) is 0 Å². The van der Waals surface area contributed by atoms with Crippen LogP contribution in [0.1, 0.15) is 31.1 Å². The molecule has 0 unspecified atom stereocenters. The number of fused-ring (bicyclic) bond motifs is 1. The maximum Gasteiger partial charge on any atom is 0.144 e. The molecule has 2 aromatic rings. The van der Waals surface area contributed by atoms with Crippen molar-refractivity contribution in [3.63, 3.8) is 0 Å². The summed E-state index contributed by atoms with van der Waals surface area (Å²) in [5.41, 5.74) is 1.76. The minimum atomic E-state index is -0.399. The number of benzene rings is 2. The van der Waals surface area contributed by atoms with Gasteiger partial charge in [-0.3, -0.25) is 0 Å². The van der Waals surface area contributed by atoms with E-state index < -0.39 is 5.60 Å². The first-order valence-electron chi connectivity index (χ1n) is 7.75. The molecular weight excluding hydrogens is 436 g/mol. The highest BCUT2D eigenvalue weighted by molar-refractivity contribution is 9.10. The molecule has 1 aliphatic rings. The molecule has 0 fully saturated rings. The molecule has 2 atom stereocenters. The molecule has 3 rings (SSSR count). The first-order valence-corrected chi connectivity index (χ1v) is 9.46. The van der Waals surface area contributed by atoms with Crippen molar-refractivity contribution < 1.29 is 14.2 Å². The summed E-state index contributed by atoms with van der Waals surface area (Å²) in [6.45, 7) is 6.17. The van der Waals surface area contributed by atoms with Gasteiger partial charge in [0.25, 0.3) is 0 Å². The minimum Gasteiger partial charge on any atom is -0.497 e. The number of methoxy groups -OCH3 is 1. The summed E-state index contributed by atoms with van der Waals surface area (Å²) in [4.78, 5) is -0.0159. The third kappa shape index (κ3) is 3.29. The second kappa shape index (κ2) is 6.60. The lowest BCUT2D eigenvalue weighted by Crippen LogP contribution is -2.47. The maximum atomic E-state index is 6.39. The molecule has 0 saturated carbocycles. The smallest absolute Gasteiger partial charge is 0.144 e. The van der Waals surface area contributed by atoms with Crippen molar-refractivity contribution in [3.05, 3.63) is 52.0 Å². The van der Waals surface area contributed by atoms with Gasteiger partial charge in [0, 0.05) is 5.56 Å². The second-order valence-electron chi connectivity index (χ2n) is 6.48. The van der Waals surface area contributed by atoms with E-state index in [4.69, 9.17) is 14.2 Å². The van der Waals surface area contributed by atoms with E-state index >= 15 is 0 Å². The van der Waals surface area contributed by atoms with Crippen LogP contribution in [0.2, 0.25) is 0 Å². The van der Waals surface area contributed by atoms with Crippen LogP contribution in [0.4, 0.5) is 0 Å². The Morgan fingerprint density at radius 1 is 1.12 bits per heavy atom. The van der Waals surface area contributed by atoms with Crippen molar-refractivity contribution in [3.8, 4) is 17.2 Å². The van der Waals surface area contributed by atoms with Crippen LogP contribution in [0, 0.1) is 6.92 Å². The summed E-state index contributed by atoms with van der Waals surface area (Å²) in [7, 11) is 1.66. The Morgan fingerprint density at radius 2 is 1.88 bits per heavy atom. The van der Waals surface area contributed by atoms with E-state index in [9.17, 15) is 0 Å². The average molecular weight is 456 g/mol. The molecule has 0 saturated heterocycles. The fourth-order valence-corrected chi connectivity index (χ4v) is 3.87. The first kappa shape index (κ1) is 17.6. The number of halogens is 2. The van der Waals surface area contributed by atoms with E-state index in [0.717, 1.165) is 27.3 Å². The number of alkyl halides is 1. The Balaban J connectivity index is 2.04. The number of aryl methyl sites for hydroxylation is 1. The molecule has 0 aliphatic carbocycles. The van der Waals surface area contributed by atoms with Gasteiger partial charge in [0.1, 0.15) is 29.0 Å². The Hall–Kier alpha value is -1.20. The van der Waals surface area contributed by atoms with Crippen LogP contribution >= 0.6 is 31.9 Å². The van der Waals surface area contributed by atoms with Crippen molar-refractivity contribution in [1.82, 2.24) is 0 Å². The zero-order chi connectivity index (χ0) is 17.5. The Bertz CT molecular complexity index is 758. The largest absolute Gasteiger partial charge is 0.497 e. The molecule has 1 aliphatic heterocycles. The minimum absolute atomic E-state index is 0.0159. The Kier molecular flexibility index (Phi) is 4.85. The number of hydrogen-bond donors (Lipinski definition) is 0. The van der Waals surface area contributed by atoms with Gasteiger partial charge in [-0.2, -0.15) is 0 Å². The van der Waals surface area contributed by atoms with Gasteiger partial charge < -0.3 is 14.2 Å². The van der Waals surface area contributed by atoms with Gasteiger partial charge >= 0.3 is 0 Å². The molecule has 24 heavy (non-hydrogen) atoms. The lowest BCUT2D eigenvalue weighted by atomic mass is 9.91. The zero-order valence-electron chi connectivity index (χ0n) is 14.1. The quantitative estimate of drug-likeness (QED) is 0.545. The standard InChI is InChI=1S/C19H20Br2O3/c1-11-5-7-16(14(20)9-11)23-17-13-10-12(22-4)6-8-15(13)24-19(2,3)18(17)21/h5-10,17-18H,1-4H3/t17-,18+/m1/s1. The third-order valence-corrected chi connectivity index (χ3v) is 6.37. The molecule has 2 aromatic carbocycles. The third-order valence-electron chi connectivity index (χ3n) is 4.17. The molecule has 0 bridgehead atoms. The fourth-order valence-electron chi connectivity index (χ4n) is 2.79. The zero-order valence-corrected chi connectivity index (χ0v) is 17.3. The first-order chi connectivity index (χ1) is 11.3. The van der Waals surface area contributed by atoms with Crippen molar-refractivity contribution in [1.29, 1.82) is 0 Å². The average Bonchev–Trinajstić information content (AvgIpc) is 2.53. The summed E-state index contributed by atoms with van der Waals surface area (Å²) >= 11 is 7.38. The predicted molar refractivity (Wildman–Crippen MR) is 103 cm³/mol. The van der Waals surface area contributed by atoms with Gasteiger partial charge in [0.15, 0.2) is 0 Å². The highest BCUT2D eigenvalue weighted by Gasteiger charge is 2.44. The topological polar surface area (TPSA) is 27.7 Å². The molecule has 0 spiro atoms. The normalized spacial score (nSPS) is 21.6. The van der Waals surface area contributed by atoms with Crippen LogP contribution in [0.25, 0.3) is 0 Å². The SMILES string of the molecule is COc1ccc2c(c1)[C@@H](Oc1ccc(C)cc1Br)[C@H](Br)C(C)(C)O2. The monoisotopic (exact) mass is 454 g/mol. The molecule has 0 radical (unpaired) electrons. The van der Waals surface area contributed by atoms with Crippen LogP contribution in [0.15, 0.2) is 40.9 Å². The predicted octanol–water partition coefficient (Wildman–Crippen LogP) is 5.82. The van der Waals surface area contributed by atoms with E-state index in [0.29, 0.717) is 0 Å². The summed E-state index contributed by atoms with van der Waals surface area (Å²) in [6.07, 6.45) is -0.196. The number of ether oxygens (including phenoxy) is 3. The van der Waals surface area contributed by atoms with Gasteiger partial charge in [-0.05, 0) is 72.6 Å². The molecule has 3 nitrogen and oxygen atoms in total. The van der Waals surface area contributed by atoms with Gasteiger partial charge in [-0.15, -0.1) is 0 Å². The van der Waals surface area contributed by atoms with Crippen LogP contribution in [-0.4, -0.2) is 17.5 Å². The summed E-state index contributed by atoms with van der Waals surface area (Å²) in [5.74, 6) is 2.42. The van der Waals surface area contributed by atoms with E-state index in [-0.39, 0.29) is 10.9 Å². The van der Waals surface area contributed by atoms with Crippen LogP contribution < -0.4 is 14.2 Å². The highest BCUT2D eigenvalue weighted by Crippen LogP contribution is 2.47. The van der Waals surface area contributed by atoms with Crippen LogP contribution in [0.3, 0.4) is 0 Å². The summed E-state index contributed by atoms with van der Waals surface area (Å²) < 4.78 is 18.9. The highest BCUT2D eigenvalue weighted by atomic mass is 79.9. The molecular formula is C19H20Br2O3. The van der Waals surface area contributed by atoms with Gasteiger partial charge in [0.2, 0.25) is 0 Å². The van der Waals surface area contributed by atoms with Gasteiger partial charge in [-0.25, -0.2) is 0 Å². The summed E-state index contributed by atoms with van der Waals surface area (Å²) in [6, 6.07) is 11.9. The number of rotatable bonds is 3.